The van der Waals surface area contributed by atoms with Crippen LogP contribution in [0.4, 0.5) is 0 Å². The van der Waals surface area contributed by atoms with Gasteiger partial charge in [-0.15, -0.1) is 0 Å². The lowest BCUT2D eigenvalue weighted by Crippen LogP contribution is -2.05. The van der Waals surface area contributed by atoms with Crippen LogP contribution in [0.25, 0.3) is 0 Å². The Hall–Kier alpha value is -0.740. The van der Waals surface area contributed by atoms with Gasteiger partial charge in [-0.25, -0.2) is 0 Å². The molecule has 1 atom stereocenters. The van der Waals surface area contributed by atoms with Crippen LogP contribution in [0.5, 0.6) is 11.5 Å². The van der Waals surface area contributed by atoms with Gasteiger partial charge in [0.25, 0.3) is 0 Å². The molecule has 0 heterocycles. The predicted molar refractivity (Wildman–Crippen MR) is 55.0 cm³/mol. The summed E-state index contributed by atoms with van der Waals surface area (Å²) in [5.41, 5.74) is 6.35. The summed E-state index contributed by atoms with van der Waals surface area (Å²) in [4.78, 5) is 0. The van der Waals surface area contributed by atoms with Gasteiger partial charge < -0.3 is 15.6 Å². The van der Waals surface area contributed by atoms with Crippen LogP contribution >= 0.6 is 15.9 Å². The molecule has 13 heavy (non-hydrogen) atoms. The van der Waals surface area contributed by atoms with Gasteiger partial charge in [0.2, 0.25) is 0 Å². The van der Waals surface area contributed by atoms with Gasteiger partial charge in [0.05, 0.1) is 7.11 Å². The molecule has 0 spiro atoms. The molecule has 72 valence electrons. The van der Waals surface area contributed by atoms with Crippen molar-refractivity contribution in [3.8, 4) is 11.5 Å². The third-order valence-corrected chi connectivity index (χ3v) is 2.59. The van der Waals surface area contributed by atoms with E-state index >= 15 is 0 Å². The highest BCUT2D eigenvalue weighted by Crippen LogP contribution is 2.37. The third kappa shape index (κ3) is 1.95. The molecular weight excluding hydrogens is 234 g/mol. The molecule has 0 fully saturated rings. The van der Waals surface area contributed by atoms with E-state index < -0.39 is 0 Å². The summed E-state index contributed by atoms with van der Waals surface area (Å²) >= 11 is 3.23. The molecule has 3 nitrogen and oxygen atoms in total. The Balaban J connectivity index is 3.23. The van der Waals surface area contributed by atoms with Gasteiger partial charge >= 0.3 is 0 Å². The second kappa shape index (κ2) is 3.98. The first-order valence-electron chi connectivity index (χ1n) is 3.89. The van der Waals surface area contributed by atoms with Gasteiger partial charge in [-0.3, -0.25) is 0 Å². The van der Waals surface area contributed by atoms with E-state index in [4.69, 9.17) is 10.5 Å². The van der Waals surface area contributed by atoms with Gasteiger partial charge in [0.1, 0.15) is 16.0 Å². The fraction of sp³-hybridized carbons (Fsp3) is 0.333. The maximum absolute atomic E-state index is 9.67. The number of halogens is 1. The van der Waals surface area contributed by atoms with E-state index in [-0.39, 0.29) is 11.8 Å². The maximum Gasteiger partial charge on any atom is 0.138 e. The minimum atomic E-state index is -0.192. The summed E-state index contributed by atoms with van der Waals surface area (Å²) in [6, 6.07) is 3.33. The highest BCUT2D eigenvalue weighted by Gasteiger charge is 2.12. The Bertz CT molecular complexity index is 313. The van der Waals surface area contributed by atoms with Crippen molar-refractivity contribution >= 4 is 15.9 Å². The van der Waals surface area contributed by atoms with Crippen molar-refractivity contribution in [2.75, 3.05) is 7.11 Å². The lowest BCUT2D eigenvalue weighted by Gasteiger charge is -2.12. The van der Waals surface area contributed by atoms with Crippen LogP contribution in [-0.4, -0.2) is 12.2 Å². The van der Waals surface area contributed by atoms with Crippen molar-refractivity contribution in [3.05, 3.63) is 22.2 Å². The standard InChI is InChI=1S/C9H12BrNO2/c1-5(11)6-3-4-7(13-2)8(10)9(6)12/h3-5,12H,11H2,1-2H3. The normalized spacial score (nSPS) is 12.6. The number of aromatic hydroxyl groups is 1. The average Bonchev–Trinajstić information content (AvgIpc) is 2.09. The summed E-state index contributed by atoms with van der Waals surface area (Å²) in [5, 5.41) is 9.67. The van der Waals surface area contributed by atoms with Gasteiger partial charge in [-0.05, 0) is 28.9 Å². The van der Waals surface area contributed by atoms with E-state index in [2.05, 4.69) is 15.9 Å². The fourth-order valence-electron chi connectivity index (χ4n) is 1.09. The largest absolute Gasteiger partial charge is 0.506 e. The molecular formula is C9H12BrNO2. The molecule has 0 bridgehead atoms. The zero-order valence-electron chi connectivity index (χ0n) is 7.54. The molecule has 3 N–H and O–H groups in total. The summed E-state index contributed by atoms with van der Waals surface area (Å²) in [5.74, 6) is 0.747. The van der Waals surface area contributed by atoms with E-state index in [1.54, 1.807) is 19.2 Å². The van der Waals surface area contributed by atoms with Crippen LogP contribution in [0.2, 0.25) is 0 Å². The highest BCUT2D eigenvalue weighted by molar-refractivity contribution is 9.10. The summed E-state index contributed by atoms with van der Waals surface area (Å²) < 4.78 is 5.56. The van der Waals surface area contributed by atoms with Gasteiger partial charge in [-0.2, -0.15) is 0 Å². The van der Waals surface area contributed by atoms with Crippen molar-refractivity contribution in [2.24, 2.45) is 5.73 Å². The zero-order valence-corrected chi connectivity index (χ0v) is 9.13. The van der Waals surface area contributed by atoms with Crippen molar-refractivity contribution in [2.45, 2.75) is 13.0 Å². The van der Waals surface area contributed by atoms with E-state index in [1.807, 2.05) is 6.92 Å². The second-order valence-corrected chi connectivity index (χ2v) is 3.60. The lowest BCUT2D eigenvalue weighted by molar-refractivity contribution is 0.401. The Labute approximate surface area is 85.6 Å². The molecule has 0 saturated heterocycles. The van der Waals surface area contributed by atoms with Crippen molar-refractivity contribution < 1.29 is 9.84 Å². The van der Waals surface area contributed by atoms with Crippen molar-refractivity contribution in [1.82, 2.24) is 0 Å². The lowest BCUT2D eigenvalue weighted by atomic mass is 10.1. The molecule has 0 aliphatic heterocycles. The number of nitrogens with two attached hydrogens (primary N) is 1. The highest BCUT2D eigenvalue weighted by atomic mass is 79.9. The van der Waals surface area contributed by atoms with Crippen LogP contribution in [0.1, 0.15) is 18.5 Å². The number of phenolic OH excluding ortho intramolecular Hbond substituents is 1. The Morgan fingerprint density at radius 3 is 2.62 bits per heavy atom. The van der Waals surface area contributed by atoms with Crippen LogP contribution < -0.4 is 10.5 Å². The first kappa shape index (κ1) is 10.3. The van der Waals surface area contributed by atoms with Gasteiger partial charge in [-0.1, -0.05) is 6.07 Å². The van der Waals surface area contributed by atoms with Crippen molar-refractivity contribution in [3.63, 3.8) is 0 Å². The predicted octanol–water partition coefficient (Wildman–Crippen LogP) is 2.18. The molecule has 0 aliphatic rings. The monoisotopic (exact) mass is 245 g/mol. The summed E-state index contributed by atoms with van der Waals surface area (Å²) in [6.45, 7) is 1.81. The summed E-state index contributed by atoms with van der Waals surface area (Å²) in [7, 11) is 1.55. The number of hydrogen-bond acceptors (Lipinski definition) is 3. The molecule has 1 aromatic carbocycles. The Kier molecular flexibility index (Phi) is 3.17. The fourth-order valence-corrected chi connectivity index (χ4v) is 1.61. The maximum atomic E-state index is 9.67. The van der Waals surface area contributed by atoms with E-state index in [0.717, 1.165) is 0 Å². The van der Waals surface area contributed by atoms with Crippen molar-refractivity contribution in [1.29, 1.82) is 0 Å². The molecule has 0 radical (unpaired) electrons. The first-order valence-corrected chi connectivity index (χ1v) is 4.68. The number of benzene rings is 1. The SMILES string of the molecule is COc1ccc(C(C)N)c(O)c1Br. The number of phenols is 1. The summed E-state index contributed by atoms with van der Waals surface area (Å²) in [6.07, 6.45) is 0. The average molecular weight is 246 g/mol. The molecule has 4 heteroatoms. The van der Waals surface area contributed by atoms with Crippen LogP contribution in [0, 0.1) is 0 Å². The number of ether oxygens (including phenoxy) is 1. The van der Waals surface area contributed by atoms with Gasteiger partial charge in [0, 0.05) is 11.6 Å². The minimum absolute atomic E-state index is 0.148. The smallest absolute Gasteiger partial charge is 0.138 e. The van der Waals surface area contributed by atoms with Crippen LogP contribution in [-0.2, 0) is 0 Å². The molecule has 1 aromatic rings. The quantitative estimate of drug-likeness (QED) is 0.840. The Morgan fingerprint density at radius 1 is 1.54 bits per heavy atom. The molecule has 0 aromatic heterocycles. The van der Waals surface area contributed by atoms with E-state index in [9.17, 15) is 5.11 Å². The molecule has 0 amide bonds. The van der Waals surface area contributed by atoms with Crippen LogP contribution in [0.15, 0.2) is 16.6 Å². The van der Waals surface area contributed by atoms with E-state index in [0.29, 0.717) is 15.8 Å². The van der Waals surface area contributed by atoms with Gasteiger partial charge in [0.15, 0.2) is 0 Å². The Morgan fingerprint density at radius 2 is 2.15 bits per heavy atom. The first-order chi connectivity index (χ1) is 6.07. The number of rotatable bonds is 2. The molecule has 0 aliphatic carbocycles. The molecule has 1 unspecified atom stereocenters. The second-order valence-electron chi connectivity index (χ2n) is 2.81. The van der Waals surface area contributed by atoms with Crippen LogP contribution in [0.3, 0.4) is 0 Å². The number of hydrogen-bond donors (Lipinski definition) is 2. The third-order valence-electron chi connectivity index (χ3n) is 1.82. The minimum Gasteiger partial charge on any atom is -0.506 e. The topological polar surface area (TPSA) is 55.5 Å². The van der Waals surface area contributed by atoms with E-state index in [1.165, 1.54) is 0 Å². The molecule has 0 saturated carbocycles. The molecule has 1 rings (SSSR count). The zero-order chi connectivity index (χ0) is 10.0. The number of methoxy groups -OCH3 is 1.